The Balaban J connectivity index is 1.78. The van der Waals surface area contributed by atoms with Crippen LogP contribution in [-0.4, -0.2) is 25.9 Å². The molecule has 0 spiro atoms. The van der Waals surface area contributed by atoms with Gasteiger partial charge in [-0.15, -0.1) is 11.3 Å². The highest BCUT2D eigenvalue weighted by Gasteiger charge is 2.39. The van der Waals surface area contributed by atoms with Gasteiger partial charge in [0.05, 0.1) is 14.2 Å². The van der Waals surface area contributed by atoms with E-state index < -0.39 is 0 Å². The molecule has 5 nitrogen and oxygen atoms in total. The van der Waals surface area contributed by atoms with E-state index in [9.17, 15) is 9.59 Å². The molecule has 0 saturated heterocycles. The number of nitrogens with one attached hydrogen (secondary N) is 1. The van der Waals surface area contributed by atoms with E-state index in [0.29, 0.717) is 29.9 Å². The molecule has 27 heavy (non-hydrogen) atoms. The van der Waals surface area contributed by atoms with Crippen molar-refractivity contribution >= 4 is 23.0 Å². The Morgan fingerprint density at radius 1 is 1.04 bits per heavy atom. The molecule has 1 N–H and O–H groups in total. The second-order valence-corrected chi connectivity index (χ2v) is 7.80. The van der Waals surface area contributed by atoms with Gasteiger partial charge in [0.1, 0.15) is 0 Å². The smallest absolute Gasteiger partial charge is 0.225 e. The molecule has 1 amide bonds. The van der Waals surface area contributed by atoms with Crippen molar-refractivity contribution in [2.75, 3.05) is 14.2 Å². The summed E-state index contributed by atoms with van der Waals surface area (Å²) in [4.78, 5) is 26.7. The molecule has 1 aliphatic heterocycles. The van der Waals surface area contributed by atoms with Crippen LogP contribution < -0.4 is 14.8 Å². The third kappa shape index (κ3) is 3.14. The third-order valence-electron chi connectivity index (χ3n) is 5.29. The van der Waals surface area contributed by atoms with E-state index in [0.717, 1.165) is 11.3 Å². The number of carbonyl (C=O) groups excluding carboxylic acids is 2. The van der Waals surface area contributed by atoms with Crippen molar-refractivity contribution in [1.29, 1.82) is 0 Å². The minimum atomic E-state index is -0.310. The minimum absolute atomic E-state index is 0.0664. The number of Topliss-reactive ketones (excluding diaryl/α,β-unsaturated/α-hetero) is 1. The van der Waals surface area contributed by atoms with Crippen molar-refractivity contribution in [3.05, 3.63) is 57.4 Å². The lowest BCUT2D eigenvalue weighted by Crippen LogP contribution is -2.38. The van der Waals surface area contributed by atoms with Crippen molar-refractivity contribution in [3.8, 4) is 11.5 Å². The molecule has 2 heterocycles. The lowest BCUT2D eigenvalue weighted by atomic mass is 9.74. The molecular weight excluding hydrogens is 362 g/mol. The van der Waals surface area contributed by atoms with Crippen LogP contribution in [0.5, 0.6) is 11.5 Å². The highest BCUT2D eigenvalue weighted by Crippen LogP contribution is 2.46. The average Bonchev–Trinajstić information content (AvgIpc) is 3.21. The highest BCUT2D eigenvalue weighted by molar-refractivity contribution is 7.10. The zero-order chi connectivity index (χ0) is 19.0. The molecule has 140 valence electrons. The summed E-state index contributed by atoms with van der Waals surface area (Å²) in [5.74, 6) is 1.04. The van der Waals surface area contributed by atoms with Crippen LogP contribution in [0.25, 0.3) is 0 Å². The van der Waals surface area contributed by atoms with E-state index in [1.54, 1.807) is 25.6 Å². The number of benzene rings is 1. The molecule has 1 aromatic heterocycles. The van der Waals surface area contributed by atoms with Gasteiger partial charge in [-0.25, -0.2) is 0 Å². The summed E-state index contributed by atoms with van der Waals surface area (Å²) in [6, 6.07) is 9.65. The Morgan fingerprint density at radius 3 is 2.59 bits per heavy atom. The van der Waals surface area contributed by atoms with Crippen LogP contribution in [0.2, 0.25) is 0 Å². The Hall–Kier alpha value is -2.60. The van der Waals surface area contributed by atoms with Gasteiger partial charge in [0.2, 0.25) is 5.91 Å². The molecule has 4 rings (SSSR count). The van der Waals surface area contributed by atoms with Gasteiger partial charge in [0, 0.05) is 46.4 Å². The number of ether oxygens (including phenoxy) is 2. The van der Waals surface area contributed by atoms with Gasteiger partial charge < -0.3 is 14.8 Å². The number of hydrogen-bond donors (Lipinski definition) is 1. The van der Waals surface area contributed by atoms with Crippen LogP contribution in [0, 0.1) is 0 Å². The average molecular weight is 383 g/mol. The number of amides is 1. The highest BCUT2D eigenvalue weighted by atomic mass is 32.1. The molecule has 2 atom stereocenters. The van der Waals surface area contributed by atoms with Gasteiger partial charge >= 0.3 is 0 Å². The summed E-state index contributed by atoms with van der Waals surface area (Å²) < 4.78 is 11.0. The Morgan fingerprint density at radius 2 is 1.89 bits per heavy atom. The molecule has 0 radical (unpaired) electrons. The number of rotatable bonds is 4. The van der Waals surface area contributed by atoms with E-state index in [1.807, 2.05) is 29.6 Å². The largest absolute Gasteiger partial charge is 0.493 e. The molecule has 1 aromatic carbocycles. The van der Waals surface area contributed by atoms with E-state index >= 15 is 0 Å². The maximum Gasteiger partial charge on any atom is 0.225 e. The predicted octanol–water partition coefficient (Wildman–Crippen LogP) is 3.77. The van der Waals surface area contributed by atoms with Crippen LogP contribution in [-0.2, 0) is 9.59 Å². The van der Waals surface area contributed by atoms with Gasteiger partial charge in [0.25, 0.3) is 0 Å². The Labute approximate surface area is 162 Å². The van der Waals surface area contributed by atoms with Crippen LogP contribution in [0.4, 0.5) is 0 Å². The zero-order valence-electron chi connectivity index (χ0n) is 15.3. The van der Waals surface area contributed by atoms with Gasteiger partial charge in [-0.1, -0.05) is 18.2 Å². The first-order valence-electron chi connectivity index (χ1n) is 8.92. The SMILES string of the molecule is COc1cccc([C@H]2CC(=O)NC3=C2C(=O)C[C@H](c2cccs2)C3)c1OC. The predicted molar refractivity (Wildman–Crippen MR) is 103 cm³/mol. The number of para-hydroxylation sites is 1. The normalized spacial score (nSPS) is 22.3. The second kappa shape index (κ2) is 7.19. The fourth-order valence-corrected chi connectivity index (χ4v) is 4.97. The quantitative estimate of drug-likeness (QED) is 0.873. The Kier molecular flexibility index (Phi) is 4.74. The van der Waals surface area contributed by atoms with E-state index in [2.05, 4.69) is 11.4 Å². The summed E-state index contributed by atoms with van der Waals surface area (Å²) in [5, 5.41) is 4.98. The molecule has 6 heteroatoms. The Bertz CT molecular complexity index is 916. The number of thiophene rings is 1. The van der Waals surface area contributed by atoms with Crippen molar-refractivity contribution in [1.82, 2.24) is 5.32 Å². The number of allylic oxidation sites excluding steroid dienone is 2. The van der Waals surface area contributed by atoms with Gasteiger partial charge in [-0.3, -0.25) is 9.59 Å². The number of methoxy groups -OCH3 is 2. The summed E-state index contributed by atoms with van der Waals surface area (Å²) in [6.45, 7) is 0. The third-order valence-corrected chi connectivity index (χ3v) is 6.33. The van der Waals surface area contributed by atoms with Gasteiger partial charge in [0.15, 0.2) is 17.3 Å². The summed E-state index contributed by atoms with van der Waals surface area (Å²) in [6.07, 6.45) is 1.38. The molecule has 0 unspecified atom stereocenters. The first-order valence-corrected chi connectivity index (χ1v) is 9.80. The van der Waals surface area contributed by atoms with E-state index in [1.165, 1.54) is 4.88 Å². The van der Waals surface area contributed by atoms with Crippen LogP contribution >= 0.6 is 11.3 Å². The molecule has 2 aromatic rings. The lowest BCUT2D eigenvalue weighted by molar-refractivity contribution is -0.122. The maximum absolute atomic E-state index is 13.1. The number of carbonyl (C=O) groups is 2. The zero-order valence-corrected chi connectivity index (χ0v) is 16.1. The minimum Gasteiger partial charge on any atom is -0.493 e. The van der Waals surface area contributed by atoms with Crippen molar-refractivity contribution in [2.24, 2.45) is 0 Å². The number of ketones is 1. The summed E-state index contributed by atoms with van der Waals surface area (Å²) in [7, 11) is 3.16. The monoisotopic (exact) mass is 383 g/mol. The van der Waals surface area contributed by atoms with Crippen LogP contribution in [0.3, 0.4) is 0 Å². The van der Waals surface area contributed by atoms with Crippen molar-refractivity contribution in [3.63, 3.8) is 0 Å². The molecule has 0 bridgehead atoms. The van der Waals surface area contributed by atoms with Gasteiger partial charge in [-0.2, -0.15) is 0 Å². The lowest BCUT2D eigenvalue weighted by Gasteiger charge is -2.34. The van der Waals surface area contributed by atoms with E-state index in [-0.39, 0.29) is 29.9 Å². The van der Waals surface area contributed by atoms with Crippen molar-refractivity contribution < 1.29 is 19.1 Å². The first-order chi connectivity index (χ1) is 13.1. The topological polar surface area (TPSA) is 64.6 Å². The standard InChI is InChI=1S/C21H21NO4S/c1-25-17-6-3-5-13(21(17)26-2)14-11-19(24)22-15-9-12(10-16(23)20(14)15)18-7-4-8-27-18/h3-8,12,14H,9-11H2,1-2H3,(H,22,24)/t12-,14-/m1/s1. The van der Waals surface area contributed by atoms with Crippen LogP contribution in [0.15, 0.2) is 47.0 Å². The summed E-state index contributed by atoms with van der Waals surface area (Å²) in [5.41, 5.74) is 2.30. The fourth-order valence-electron chi connectivity index (χ4n) is 4.14. The van der Waals surface area contributed by atoms with Crippen molar-refractivity contribution in [2.45, 2.75) is 31.1 Å². The number of hydrogen-bond acceptors (Lipinski definition) is 5. The molecule has 0 saturated carbocycles. The maximum atomic E-state index is 13.1. The van der Waals surface area contributed by atoms with E-state index in [4.69, 9.17) is 9.47 Å². The summed E-state index contributed by atoms with van der Waals surface area (Å²) >= 11 is 1.66. The molecular formula is C21H21NO4S. The molecule has 1 aliphatic carbocycles. The molecule has 2 aliphatic rings. The molecule has 0 fully saturated rings. The fraction of sp³-hybridized carbons (Fsp3) is 0.333. The van der Waals surface area contributed by atoms with Crippen LogP contribution in [0.1, 0.15) is 41.5 Å². The first kappa shape index (κ1) is 17.8. The second-order valence-electron chi connectivity index (χ2n) is 6.82. The van der Waals surface area contributed by atoms with Gasteiger partial charge in [-0.05, 0) is 23.9 Å².